The van der Waals surface area contributed by atoms with Gasteiger partial charge in [0, 0.05) is 6.07 Å². The quantitative estimate of drug-likeness (QED) is 0.727. The number of hydrogen-bond acceptors (Lipinski definition) is 4. The number of aromatic nitrogens is 1. The number of nitriles is 1. The maximum atomic E-state index is 8.67. The van der Waals surface area contributed by atoms with Crippen LogP contribution in [0.25, 0.3) is 0 Å². The molecule has 0 aliphatic rings. The lowest BCUT2D eigenvalue weighted by molar-refractivity contribution is 0.394. The average Bonchev–Trinajstić information content (AvgIpc) is 2.52. The third-order valence-electron chi connectivity index (χ3n) is 1.36. The van der Waals surface area contributed by atoms with Crippen molar-refractivity contribution in [3.05, 3.63) is 17.7 Å². The molecule has 0 N–H and O–H groups in total. The minimum Gasteiger partial charge on any atom is -0.481 e. The van der Waals surface area contributed by atoms with Crippen molar-refractivity contribution in [3.63, 3.8) is 0 Å². The van der Waals surface area contributed by atoms with Gasteiger partial charge >= 0.3 is 0 Å². The minimum absolute atomic E-state index is 0.540. The molecular formula is C14H26N2OS. The summed E-state index contributed by atoms with van der Waals surface area (Å²) in [5.41, 5.74) is 0.586. The van der Waals surface area contributed by atoms with Gasteiger partial charge in [0.2, 0.25) is 5.88 Å². The van der Waals surface area contributed by atoms with Crippen LogP contribution in [0, 0.1) is 11.3 Å². The molecule has 0 aliphatic carbocycles. The van der Waals surface area contributed by atoms with E-state index in [1.54, 1.807) is 19.2 Å². The number of hydrogen-bond donors (Lipinski definition) is 0. The molecule has 18 heavy (non-hydrogen) atoms. The van der Waals surface area contributed by atoms with Gasteiger partial charge in [-0.1, -0.05) is 41.5 Å². The topological polar surface area (TPSA) is 45.9 Å². The Balaban J connectivity index is -0.000000328. The molecule has 0 aromatic carbocycles. The van der Waals surface area contributed by atoms with Crippen molar-refractivity contribution >= 4 is 11.8 Å². The number of rotatable bonds is 2. The highest BCUT2D eigenvalue weighted by Gasteiger charge is 2.03. The molecule has 4 heteroatoms. The van der Waals surface area contributed by atoms with E-state index < -0.39 is 0 Å². The highest BCUT2D eigenvalue weighted by atomic mass is 32.2. The van der Waals surface area contributed by atoms with E-state index in [1.807, 2.05) is 47.8 Å². The molecule has 1 aromatic heterocycles. The van der Waals surface area contributed by atoms with Gasteiger partial charge in [0.05, 0.1) is 12.7 Å². The first-order valence-corrected chi connectivity index (χ1v) is 7.53. The van der Waals surface area contributed by atoms with E-state index in [2.05, 4.69) is 11.1 Å². The van der Waals surface area contributed by atoms with E-state index >= 15 is 0 Å². The fraction of sp³-hybridized carbons (Fsp3) is 0.571. The van der Waals surface area contributed by atoms with Gasteiger partial charge in [-0.25, -0.2) is 4.98 Å². The number of pyridine rings is 1. The Kier molecular flexibility index (Phi) is 22.2. The van der Waals surface area contributed by atoms with Crippen LogP contribution in [0.2, 0.25) is 0 Å². The van der Waals surface area contributed by atoms with Gasteiger partial charge < -0.3 is 4.74 Å². The van der Waals surface area contributed by atoms with Crippen molar-refractivity contribution in [2.45, 2.75) is 46.6 Å². The van der Waals surface area contributed by atoms with Crippen LogP contribution in [0.15, 0.2) is 17.2 Å². The maximum absolute atomic E-state index is 8.67. The molecule has 0 amide bonds. The fourth-order valence-corrected chi connectivity index (χ4v) is 1.29. The first kappa shape index (κ1) is 22.0. The van der Waals surface area contributed by atoms with E-state index in [9.17, 15) is 0 Å². The lowest BCUT2D eigenvalue weighted by Gasteiger charge is -2.01. The van der Waals surface area contributed by atoms with Crippen LogP contribution in [0.4, 0.5) is 0 Å². The summed E-state index contributed by atoms with van der Waals surface area (Å²) in [6.07, 6.45) is 1.88. The summed E-state index contributed by atoms with van der Waals surface area (Å²) in [6, 6.07) is 5.44. The molecule has 0 unspecified atom stereocenters. The van der Waals surface area contributed by atoms with Crippen LogP contribution >= 0.6 is 11.8 Å². The Morgan fingerprint density at radius 2 is 1.61 bits per heavy atom. The van der Waals surface area contributed by atoms with Crippen LogP contribution in [-0.2, 0) is 0 Å². The Morgan fingerprint density at radius 1 is 1.11 bits per heavy atom. The number of thioether (sulfide) groups is 1. The average molecular weight is 270 g/mol. The van der Waals surface area contributed by atoms with Crippen molar-refractivity contribution in [1.29, 1.82) is 5.26 Å². The monoisotopic (exact) mass is 270 g/mol. The molecule has 0 fully saturated rings. The van der Waals surface area contributed by atoms with Gasteiger partial charge in [-0.15, -0.1) is 11.8 Å². The van der Waals surface area contributed by atoms with Gasteiger partial charge in [-0.05, 0) is 12.3 Å². The maximum Gasteiger partial charge on any atom is 0.214 e. The Labute approximate surface area is 117 Å². The summed E-state index contributed by atoms with van der Waals surface area (Å²) in [4.78, 5) is 4.10. The van der Waals surface area contributed by atoms with Crippen molar-refractivity contribution in [2.24, 2.45) is 0 Å². The summed E-state index contributed by atoms with van der Waals surface area (Å²) >= 11 is 1.44. The van der Waals surface area contributed by atoms with Crippen LogP contribution in [0.1, 0.15) is 47.1 Å². The van der Waals surface area contributed by atoms with E-state index in [0.29, 0.717) is 16.5 Å². The number of ether oxygens (including phenoxy) is 1. The second kappa shape index (κ2) is 18.2. The molecule has 104 valence electrons. The van der Waals surface area contributed by atoms with Gasteiger partial charge in [-0.2, -0.15) is 5.26 Å². The molecule has 1 rings (SSSR count). The lowest BCUT2D eigenvalue weighted by Crippen LogP contribution is -1.91. The summed E-state index contributed by atoms with van der Waals surface area (Å²) < 4.78 is 4.92. The minimum atomic E-state index is 0.540. The summed E-state index contributed by atoms with van der Waals surface area (Å²) in [5, 5.41) is 9.37. The summed E-state index contributed by atoms with van der Waals surface area (Å²) in [7, 11) is 1.55. The molecular weight excluding hydrogens is 244 g/mol. The molecule has 1 heterocycles. The molecule has 0 atom stereocenters. The third-order valence-corrected chi connectivity index (χ3v) is 2.06. The van der Waals surface area contributed by atoms with Crippen molar-refractivity contribution < 1.29 is 4.74 Å². The number of methoxy groups -OCH3 is 1. The van der Waals surface area contributed by atoms with Crippen LogP contribution < -0.4 is 4.74 Å². The SMILES string of the molecule is CC.CC.CC.COc1ccc(C#N)c(SC)n1. The largest absolute Gasteiger partial charge is 0.481 e. The van der Waals surface area contributed by atoms with E-state index in [1.165, 1.54) is 11.8 Å². The van der Waals surface area contributed by atoms with Crippen molar-refractivity contribution in [2.75, 3.05) is 13.4 Å². The highest BCUT2D eigenvalue weighted by molar-refractivity contribution is 7.98. The van der Waals surface area contributed by atoms with Gasteiger partial charge in [0.15, 0.2) is 0 Å². The summed E-state index contributed by atoms with van der Waals surface area (Å²) in [5.74, 6) is 0.540. The van der Waals surface area contributed by atoms with Crippen LogP contribution in [0.3, 0.4) is 0 Å². The predicted octanol–water partition coefficient (Wildman–Crippen LogP) is 4.76. The standard InChI is InChI=1S/C8H8N2OS.3C2H6/c1-11-7-4-3-6(5-9)8(10-7)12-2;3*1-2/h3-4H,1-2H3;3*1-2H3. The zero-order valence-electron chi connectivity index (χ0n) is 12.9. The molecule has 3 nitrogen and oxygen atoms in total. The van der Waals surface area contributed by atoms with Crippen LogP contribution in [-0.4, -0.2) is 18.3 Å². The highest BCUT2D eigenvalue weighted by Crippen LogP contribution is 2.20. The number of nitrogens with zero attached hydrogens (tertiary/aromatic N) is 2. The molecule has 0 bridgehead atoms. The zero-order chi connectivity index (χ0) is 15.0. The molecule has 0 spiro atoms. The lowest BCUT2D eigenvalue weighted by atomic mass is 10.3. The second-order valence-corrected chi connectivity index (χ2v) is 2.82. The first-order chi connectivity index (χ1) is 8.81. The molecule has 0 saturated carbocycles. The first-order valence-electron chi connectivity index (χ1n) is 6.31. The predicted molar refractivity (Wildman–Crippen MR) is 81.3 cm³/mol. The van der Waals surface area contributed by atoms with Crippen molar-refractivity contribution in [3.8, 4) is 11.9 Å². The fourth-order valence-electron chi connectivity index (χ4n) is 0.778. The van der Waals surface area contributed by atoms with Gasteiger partial charge in [-0.3, -0.25) is 0 Å². The van der Waals surface area contributed by atoms with E-state index in [0.717, 1.165) is 0 Å². The van der Waals surface area contributed by atoms with Gasteiger partial charge in [0.1, 0.15) is 11.1 Å². The Hall–Kier alpha value is -1.21. The third kappa shape index (κ3) is 8.89. The smallest absolute Gasteiger partial charge is 0.214 e. The normalized spacial score (nSPS) is 7.06. The van der Waals surface area contributed by atoms with Crippen molar-refractivity contribution in [1.82, 2.24) is 4.98 Å². The molecule has 0 saturated heterocycles. The summed E-state index contributed by atoms with van der Waals surface area (Å²) in [6.45, 7) is 12.0. The Bertz CT molecular complexity index is 322. The van der Waals surface area contributed by atoms with E-state index in [-0.39, 0.29) is 0 Å². The zero-order valence-corrected chi connectivity index (χ0v) is 13.7. The van der Waals surface area contributed by atoms with Gasteiger partial charge in [0.25, 0.3) is 0 Å². The molecule has 0 radical (unpaired) electrons. The molecule has 1 aromatic rings. The Morgan fingerprint density at radius 3 is 1.94 bits per heavy atom. The molecule has 0 aliphatic heterocycles. The van der Waals surface area contributed by atoms with E-state index in [4.69, 9.17) is 10.00 Å². The van der Waals surface area contributed by atoms with Crippen LogP contribution in [0.5, 0.6) is 5.88 Å². The second-order valence-electron chi connectivity index (χ2n) is 2.02.